The van der Waals surface area contributed by atoms with Gasteiger partial charge in [0.25, 0.3) is 0 Å². The third kappa shape index (κ3) is 3.66. The first-order valence-corrected chi connectivity index (χ1v) is 11.8. The second kappa shape index (κ2) is 8.05. The van der Waals surface area contributed by atoms with Gasteiger partial charge in [-0.25, -0.2) is 13.4 Å². The Morgan fingerprint density at radius 1 is 1.28 bits per heavy atom. The Morgan fingerprint density at radius 3 is 2.75 bits per heavy atom. The molecule has 2 fully saturated rings. The third-order valence-electron chi connectivity index (χ3n) is 5.67. The van der Waals surface area contributed by atoms with Crippen LogP contribution in [0, 0.1) is 11.3 Å². The van der Waals surface area contributed by atoms with Gasteiger partial charge in [0.1, 0.15) is 17.5 Å². The number of anilines is 2. The fourth-order valence-electron chi connectivity index (χ4n) is 3.85. The van der Waals surface area contributed by atoms with Gasteiger partial charge in [0.15, 0.2) is 0 Å². The third-order valence-corrected chi connectivity index (χ3v) is 7.57. The van der Waals surface area contributed by atoms with Gasteiger partial charge in [-0.3, -0.25) is 0 Å². The van der Waals surface area contributed by atoms with Crippen molar-refractivity contribution >= 4 is 32.7 Å². The summed E-state index contributed by atoms with van der Waals surface area (Å²) in [6, 6.07) is 6.87. The smallest absolute Gasteiger partial charge is 0.243 e. The van der Waals surface area contributed by atoms with Crippen LogP contribution in [0.25, 0.3) is 11.0 Å². The Hall–Kier alpha value is -3.20. The fraction of sp³-hybridized carbons (Fsp3) is 0.381. The van der Waals surface area contributed by atoms with Crippen molar-refractivity contribution in [1.82, 2.24) is 19.3 Å². The number of rotatable bonds is 6. The van der Waals surface area contributed by atoms with Crippen molar-refractivity contribution in [2.45, 2.75) is 23.7 Å². The van der Waals surface area contributed by atoms with Gasteiger partial charge in [-0.05, 0) is 25.0 Å². The number of hydrogen-bond acceptors (Lipinski definition) is 8. The molecule has 1 aliphatic heterocycles. The van der Waals surface area contributed by atoms with Crippen LogP contribution in [0.5, 0.6) is 5.75 Å². The highest BCUT2D eigenvalue weighted by atomic mass is 32.2. The summed E-state index contributed by atoms with van der Waals surface area (Å²) >= 11 is 0. The van der Waals surface area contributed by atoms with Crippen molar-refractivity contribution in [3.63, 3.8) is 0 Å². The van der Waals surface area contributed by atoms with Crippen molar-refractivity contribution in [1.29, 1.82) is 5.26 Å². The summed E-state index contributed by atoms with van der Waals surface area (Å²) in [7, 11) is -2.16. The molecule has 0 bridgehead atoms. The summed E-state index contributed by atoms with van der Waals surface area (Å²) in [5.41, 5.74) is 2.51. The van der Waals surface area contributed by atoms with Gasteiger partial charge < -0.3 is 19.8 Å². The summed E-state index contributed by atoms with van der Waals surface area (Å²) in [5.74, 6) is 1.03. The molecule has 2 N–H and O–H groups in total. The van der Waals surface area contributed by atoms with E-state index in [2.05, 4.69) is 26.3 Å². The monoisotopic (exact) mass is 454 g/mol. The molecule has 166 valence electrons. The van der Waals surface area contributed by atoms with Crippen LogP contribution in [0.3, 0.4) is 0 Å². The van der Waals surface area contributed by atoms with Crippen molar-refractivity contribution in [2.75, 3.05) is 38.7 Å². The van der Waals surface area contributed by atoms with Crippen LogP contribution >= 0.6 is 0 Å². The van der Waals surface area contributed by atoms with Crippen molar-refractivity contribution < 1.29 is 17.9 Å². The first-order valence-electron chi connectivity index (χ1n) is 10.3. The minimum atomic E-state index is -3.64. The largest absolute Gasteiger partial charge is 0.495 e. The SMILES string of the molecule is COc1cc(S(=O)(=O)N2CCOCC2)ccc1Nc1nc(C2CC2)c2c(C#N)c[nH]c2n1. The maximum Gasteiger partial charge on any atom is 0.243 e. The average molecular weight is 455 g/mol. The molecule has 0 amide bonds. The van der Waals surface area contributed by atoms with E-state index >= 15 is 0 Å². The Kier molecular flexibility index (Phi) is 5.21. The van der Waals surface area contributed by atoms with Gasteiger partial charge in [0, 0.05) is 31.3 Å². The van der Waals surface area contributed by atoms with Crippen LogP contribution < -0.4 is 10.1 Å². The molecule has 3 aromatic rings. The second-order valence-electron chi connectivity index (χ2n) is 7.75. The van der Waals surface area contributed by atoms with Crippen LogP contribution in [-0.2, 0) is 14.8 Å². The number of aromatic amines is 1. The number of ether oxygens (including phenoxy) is 2. The van der Waals surface area contributed by atoms with E-state index in [-0.39, 0.29) is 4.90 Å². The molecule has 0 atom stereocenters. The lowest BCUT2D eigenvalue weighted by molar-refractivity contribution is 0.0730. The Morgan fingerprint density at radius 2 is 2.06 bits per heavy atom. The van der Waals surface area contributed by atoms with Gasteiger partial charge in [0.05, 0.1) is 47.6 Å². The number of methoxy groups -OCH3 is 1. The standard InChI is InChI=1S/C21H22N6O4S/c1-30-17-10-15(32(28,29)27-6-8-31-9-7-27)4-5-16(17)24-21-25-19(13-2-3-13)18-14(11-22)12-23-20(18)26-21/h4-5,10,12-13H,2-3,6-9H2,1H3,(H2,23,24,25,26). The maximum absolute atomic E-state index is 13.0. The molecule has 1 saturated heterocycles. The molecule has 2 aromatic heterocycles. The average Bonchev–Trinajstić information content (AvgIpc) is 3.58. The molecule has 10 nitrogen and oxygen atoms in total. The first-order chi connectivity index (χ1) is 15.5. The number of nitrogens with zero attached hydrogens (tertiary/aromatic N) is 4. The number of aromatic nitrogens is 3. The van der Waals surface area contributed by atoms with E-state index < -0.39 is 10.0 Å². The van der Waals surface area contributed by atoms with Crippen molar-refractivity contribution in [3.8, 4) is 11.8 Å². The Balaban J connectivity index is 1.48. The molecular formula is C21H22N6O4S. The zero-order valence-electron chi connectivity index (χ0n) is 17.5. The van der Waals surface area contributed by atoms with E-state index in [0.717, 1.165) is 23.9 Å². The molecular weight excluding hydrogens is 432 g/mol. The quantitative estimate of drug-likeness (QED) is 0.580. The lowest BCUT2D eigenvalue weighted by Crippen LogP contribution is -2.40. The highest BCUT2D eigenvalue weighted by Crippen LogP contribution is 2.43. The predicted octanol–water partition coefficient (Wildman–Crippen LogP) is 2.48. The molecule has 32 heavy (non-hydrogen) atoms. The lowest BCUT2D eigenvalue weighted by Gasteiger charge is -2.26. The predicted molar refractivity (Wildman–Crippen MR) is 116 cm³/mol. The zero-order chi connectivity index (χ0) is 22.3. The minimum absolute atomic E-state index is 0.153. The van der Waals surface area contributed by atoms with Crippen LogP contribution in [0.15, 0.2) is 29.3 Å². The summed E-state index contributed by atoms with van der Waals surface area (Å²) in [5, 5.41) is 13.3. The van der Waals surface area contributed by atoms with E-state index in [1.165, 1.54) is 17.5 Å². The van der Waals surface area contributed by atoms with Gasteiger partial charge in [-0.2, -0.15) is 14.6 Å². The van der Waals surface area contributed by atoms with Gasteiger partial charge >= 0.3 is 0 Å². The number of fused-ring (bicyclic) bond motifs is 1. The van der Waals surface area contributed by atoms with Gasteiger partial charge in [-0.15, -0.1) is 0 Å². The molecule has 2 aliphatic rings. The highest BCUT2D eigenvalue weighted by molar-refractivity contribution is 7.89. The van der Waals surface area contributed by atoms with E-state index in [4.69, 9.17) is 9.47 Å². The molecule has 5 rings (SSSR count). The minimum Gasteiger partial charge on any atom is -0.495 e. The highest BCUT2D eigenvalue weighted by Gasteiger charge is 2.30. The van der Waals surface area contributed by atoms with E-state index in [1.807, 2.05) is 0 Å². The summed E-state index contributed by atoms with van der Waals surface area (Å²) < 4.78 is 38.1. The number of hydrogen-bond donors (Lipinski definition) is 2. The molecule has 1 saturated carbocycles. The lowest BCUT2D eigenvalue weighted by atomic mass is 10.1. The summed E-state index contributed by atoms with van der Waals surface area (Å²) in [4.78, 5) is 12.4. The molecule has 3 heterocycles. The molecule has 0 unspecified atom stereocenters. The number of nitrogens with one attached hydrogen (secondary N) is 2. The summed E-state index contributed by atoms with van der Waals surface area (Å²) in [6.45, 7) is 1.41. The number of nitriles is 1. The normalized spacial score (nSPS) is 17.2. The second-order valence-corrected chi connectivity index (χ2v) is 9.69. The van der Waals surface area contributed by atoms with Crippen LogP contribution in [0.4, 0.5) is 11.6 Å². The molecule has 11 heteroatoms. The van der Waals surface area contributed by atoms with E-state index in [1.54, 1.807) is 18.3 Å². The van der Waals surface area contributed by atoms with Crippen LogP contribution in [0.2, 0.25) is 0 Å². The van der Waals surface area contributed by atoms with Gasteiger partial charge in [0.2, 0.25) is 16.0 Å². The van der Waals surface area contributed by atoms with Crippen molar-refractivity contribution in [3.05, 3.63) is 35.7 Å². The topological polar surface area (TPSA) is 133 Å². The molecule has 1 aromatic carbocycles. The zero-order valence-corrected chi connectivity index (χ0v) is 18.3. The fourth-order valence-corrected chi connectivity index (χ4v) is 5.27. The van der Waals surface area contributed by atoms with E-state index in [0.29, 0.717) is 60.8 Å². The first kappa shape index (κ1) is 20.7. The van der Waals surface area contributed by atoms with Gasteiger partial charge in [-0.1, -0.05) is 0 Å². The Bertz CT molecular complexity index is 1320. The number of morpholine rings is 1. The Labute approximate surface area is 185 Å². The van der Waals surface area contributed by atoms with E-state index in [9.17, 15) is 13.7 Å². The van der Waals surface area contributed by atoms with Crippen LogP contribution in [0.1, 0.15) is 30.0 Å². The number of H-pyrrole nitrogens is 1. The summed E-state index contributed by atoms with van der Waals surface area (Å²) in [6.07, 6.45) is 3.69. The number of sulfonamides is 1. The molecule has 0 radical (unpaired) electrons. The maximum atomic E-state index is 13.0. The van der Waals surface area contributed by atoms with Crippen LogP contribution in [-0.4, -0.2) is 61.1 Å². The molecule has 1 aliphatic carbocycles. The molecule has 0 spiro atoms. The number of benzene rings is 1. The van der Waals surface area contributed by atoms with Crippen molar-refractivity contribution in [2.24, 2.45) is 0 Å².